The molecule has 0 spiro atoms. The fourth-order valence-corrected chi connectivity index (χ4v) is 4.25. The molecule has 1 fully saturated rings. The zero-order valence-electron chi connectivity index (χ0n) is 20.0. The van der Waals surface area contributed by atoms with Gasteiger partial charge in [-0.3, -0.25) is 19.7 Å². The summed E-state index contributed by atoms with van der Waals surface area (Å²) in [6, 6.07) is 12.9. The third-order valence-corrected chi connectivity index (χ3v) is 6.36. The molecular weight excluding hydrogens is 432 g/mol. The first-order valence-corrected chi connectivity index (χ1v) is 11.8. The average molecular weight is 467 g/mol. The summed E-state index contributed by atoms with van der Waals surface area (Å²) in [4.78, 5) is 38.0. The molecule has 2 aromatic rings. The minimum absolute atomic E-state index is 0.0638. The van der Waals surface area contributed by atoms with Gasteiger partial charge in [0, 0.05) is 42.4 Å². The molecule has 8 heteroatoms. The lowest BCUT2D eigenvalue weighted by Crippen LogP contribution is -2.44. The summed E-state index contributed by atoms with van der Waals surface area (Å²) in [6.45, 7) is 5.73. The Balaban J connectivity index is 1.67. The van der Waals surface area contributed by atoms with Crippen LogP contribution in [0.2, 0.25) is 0 Å². The van der Waals surface area contributed by atoms with Gasteiger partial charge in [-0.1, -0.05) is 45.2 Å². The second-order valence-electron chi connectivity index (χ2n) is 9.85. The van der Waals surface area contributed by atoms with Crippen LogP contribution in [0.4, 0.5) is 11.4 Å². The van der Waals surface area contributed by atoms with Crippen LogP contribution in [0.5, 0.6) is 0 Å². The summed E-state index contributed by atoms with van der Waals surface area (Å²) in [5, 5.41) is 13.6. The highest BCUT2D eigenvalue weighted by molar-refractivity contribution is 6.04. The van der Waals surface area contributed by atoms with Crippen LogP contribution >= 0.6 is 0 Å². The van der Waals surface area contributed by atoms with Gasteiger partial charge in [0.25, 0.3) is 11.6 Å². The number of nitro groups is 1. The third kappa shape index (κ3) is 6.87. The Kier molecular flexibility index (Phi) is 8.39. The van der Waals surface area contributed by atoms with Crippen LogP contribution in [0, 0.1) is 21.4 Å². The predicted octanol–water partition coefficient (Wildman–Crippen LogP) is 4.74. The van der Waals surface area contributed by atoms with Gasteiger partial charge in [-0.25, -0.2) is 0 Å². The van der Waals surface area contributed by atoms with E-state index in [1.807, 2.05) is 17.0 Å². The van der Waals surface area contributed by atoms with Crippen LogP contribution in [-0.4, -0.2) is 34.7 Å². The number of nitrogens with one attached hydrogen (secondary N) is 1. The van der Waals surface area contributed by atoms with Gasteiger partial charge in [-0.15, -0.1) is 0 Å². The lowest BCUT2D eigenvalue weighted by molar-refractivity contribution is -0.384. The monoisotopic (exact) mass is 466 g/mol. The molecule has 1 aliphatic rings. The molecule has 0 radical (unpaired) electrons. The molecule has 0 unspecified atom stereocenters. The van der Waals surface area contributed by atoms with Gasteiger partial charge in [0.1, 0.15) is 0 Å². The SMILES string of the molecule is CC(C)(CN)CN(Cc1ccc(NC(=O)c2ccc([N+](=O)[O-])cc2)cc1)C(=O)C1CCCCC1. The zero-order valence-corrected chi connectivity index (χ0v) is 20.0. The summed E-state index contributed by atoms with van der Waals surface area (Å²) in [7, 11) is 0. The molecule has 0 atom stereocenters. The Morgan fingerprint density at radius 1 is 1.06 bits per heavy atom. The molecule has 0 saturated heterocycles. The number of carbonyl (C=O) groups excluding carboxylic acids is 2. The number of nitrogens with two attached hydrogens (primary N) is 1. The fraction of sp³-hybridized carbons (Fsp3) is 0.462. The highest BCUT2D eigenvalue weighted by Gasteiger charge is 2.29. The largest absolute Gasteiger partial charge is 0.338 e. The summed E-state index contributed by atoms with van der Waals surface area (Å²) < 4.78 is 0. The third-order valence-electron chi connectivity index (χ3n) is 6.36. The molecule has 0 aliphatic heterocycles. The number of amides is 2. The number of non-ortho nitro benzene ring substituents is 1. The molecule has 0 bridgehead atoms. The minimum atomic E-state index is -0.503. The average Bonchev–Trinajstić information content (AvgIpc) is 2.84. The van der Waals surface area contributed by atoms with E-state index in [0.29, 0.717) is 30.9 Å². The maximum Gasteiger partial charge on any atom is 0.269 e. The summed E-state index contributed by atoms with van der Waals surface area (Å²) in [6.07, 6.45) is 5.31. The molecule has 1 aliphatic carbocycles. The highest BCUT2D eigenvalue weighted by atomic mass is 16.6. The molecule has 3 N–H and O–H groups in total. The van der Waals surface area contributed by atoms with Crippen LogP contribution in [0.25, 0.3) is 0 Å². The van der Waals surface area contributed by atoms with Crippen molar-refractivity contribution < 1.29 is 14.5 Å². The van der Waals surface area contributed by atoms with E-state index in [0.717, 1.165) is 31.2 Å². The lowest BCUT2D eigenvalue weighted by Gasteiger charge is -2.35. The van der Waals surface area contributed by atoms with Crippen molar-refractivity contribution in [2.45, 2.75) is 52.5 Å². The van der Waals surface area contributed by atoms with Gasteiger partial charge >= 0.3 is 0 Å². The van der Waals surface area contributed by atoms with Gasteiger partial charge in [0.2, 0.25) is 5.91 Å². The van der Waals surface area contributed by atoms with Crippen LogP contribution in [0.1, 0.15) is 61.9 Å². The molecule has 34 heavy (non-hydrogen) atoms. The van der Waals surface area contributed by atoms with Crippen LogP contribution in [0.3, 0.4) is 0 Å². The van der Waals surface area contributed by atoms with Gasteiger partial charge in [-0.05, 0) is 54.6 Å². The van der Waals surface area contributed by atoms with Crippen molar-refractivity contribution in [2.75, 3.05) is 18.4 Å². The van der Waals surface area contributed by atoms with Crippen LogP contribution in [-0.2, 0) is 11.3 Å². The quantitative estimate of drug-likeness (QED) is 0.409. The van der Waals surface area contributed by atoms with Gasteiger partial charge in [0.05, 0.1) is 4.92 Å². The molecular formula is C26H34N4O4. The summed E-state index contributed by atoms with van der Waals surface area (Å²) >= 11 is 0. The van der Waals surface area contributed by atoms with E-state index in [9.17, 15) is 19.7 Å². The molecule has 0 heterocycles. The van der Waals surface area contributed by atoms with E-state index in [1.165, 1.54) is 30.7 Å². The second-order valence-corrected chi connectivity index (χ2v) is 9.85. The van der Waals surface area contributed by atoms with Crippen molar-refractivity contribution in [2.24, 2.45) is 17.1 Å². The molecule has 8 nitrogen and oxygen atoms in total. The molecule has 2 aromatic carbocycles. The summed E-state index contributed by atoms with van der Waals surface area (Å²) in [5.41, 5.74) is 7.63. The first kappa shape index (κ1) is 25.4. The Morgan fingerprint density at radius 3 is 2.24 bits per heavy atom. The maximum atomic E-state index is 13.3. The number of carbonyl (C=O) groups is 2. The highest BCUT2D eigenvalue weighted by Crippen LogP contribution is 2.28. The fourth-order valence-electron chi connectivity index (χ4n) is 4.25. The summed E-state index contributed by atoms with van der Waals surface area (Å²) in [5.74, 6) is -0.0548. The second kappa shape index (κ2) is 11.2. The minimum Gasteiger partial charge on any atom is -0.338 e. The Labute approximate surface area is 200 Å². The molecule has 3 rings (SSSR count). The molecule has 182 valence electrons. The Hall–Kier alpha value is -3.26. The smallest absolute Gasteiger partial charge is 0.269 e. The molecule has 0 aromatic heterocycles. The van der Waals surface area contributed by atoms with E-state index in [4.69, 9.17) is 5.73 Å². The van der Waals surface area contributed by atoms with E-state index < -0.39 is 4.92 Å². The normalized spacial score (nSPS) is 14.4. The number of rotatable bonds is 9. The number of hydrogen-bond acceptors (Lipinski definition) is 5. The van der Waals surface area contributed by atoms with E-state index in [1.54, 1.807) is 12.1 Å². The van der Waals surface area contributed by atoms with Gasteiger partial charge in [0.15, 0.2) is 0 Å². The van der Waals surface area contributed by atoms with Crippen molar-refractivity contribution in [1.82, 2.24) is 4.90 Å². The molecule has 2 amide bonds. The van der Waals surface area contributed by atoms with E-state index >= 15 is 0 Å². The number of anilines is 1. The van der Waals surface area contributed by atoms with E-state index in [-0.39, 0.29) is 28.8 Å². The van der Waals surface area contributed by atoms with Crippen molar-refractivity contribution in [3.63, 3.8) is 0 Å². The first-order valence-electron chi connectivity index (χ1n) is 11.8. The zero-order chi connectivity index (χ0) is 24.7. The van der Waals surface area contributed by atoms with E-state index in [2.05, 4.69) is 19.2 Å². The number of hydrogen-bond donors (Lipinski definition) is 2. The first-order chi connectivity index (χ1) is 16.2. The van der Waals surface area contributed by atoms with Gasteiger partial charge in [-0.2, -0.15) is 0 Å². The van der Waals surface area contributed by atoms with Crippen molar-refractivity contribution in [1.29, 1.82) is 0 Å². The van der Waals surface area contributed by atoms with Crippen LogP contribution < -0.4 is 11.1 Å². The van der Waals surface area contributed by atoms with Crippen molar-refractivity contribution in [3.8, 4) is 0 Å². The van der Waals surface area contributed by atoms with Gasteiger partial charge < -0.3 is 16.0 Å². The number of nitro benzene ring substituents is 1. The molecule has 1 saturated carbocycles. The Morgan fingerprint density at radius 2 is 1.68 bits per heavy atom. The van der Waals surface area contributed by atoms with Crippen molar-refractivity contribution in [3.05, 3.63) is 69.8 Å². The number of nitrogens with zero attached hydrogens (tertiary/aromatic N) is 2. The topological polar surface area (TPSA) is 119 Å². The Bertz CT molecular complexity index is 996. The van der Waals surface area contributed by atoms with Crippen molar-refractivity contribution >= 4 is 23.2 Å². The number of benzene rings is 2. The maximum absolute atomic E-state index is 13.3. The lowest BCUT2D eigenvalue weighted by atomic mass is 9.87. The van der Waals surface area contributed by atoms with Crippen LogP contribution in [0.15, 0.2) is 48.5 Å². The predicted molar refractivity (Wildman–Crippen MR) is 132 cm³/mol. The standard InChI is InChI=1S/C26H34N4O4/c1-26(2,17-27)18-29(25(32)21-6-4-3-5-7-21)16-19-8-12-22(13-9-19)28-24(31)20-10-14-23(15-11-20)30(33)34/h8-15,21H,3-7,16-18,27H2,1-2H3,(H,28,31).